The van der Waals surface area contributed by atoms with Gasteiger partial charge in [0, 0.05) is 0 Å². The maximum Gasteiger partial charge on any atom is 0.265 e. The van der Waals surface area contributed by atoms with Crippen LogP contribution in [0.3, 0.4) is 0 Å². The number of nitrogens with one attached hydrogen (secondary N) is 1. The second-order valence-corrected chi connectivity index (χ2v) is 10.1. The number of anilines is 1. The lowest BCUT2D eigenvalue weighted by Gasteiger charge is -2.07. The van der Waals surface area contributed by atoms with Crippen LogP contribution in [0.5, 0.6) is 0 Å². The number of nitrogens with zero attached hydrogens (tertiary/aromatic N) is 2. The summed E-state index contributed by atoms with van der Waals surface area (Å²) in [6.45, 7) is 0. The van der Waals surface area contributed by atoms with Gasteiger partial charge >= 0.3 is 0 Å². The molecule has 0 unspecified atom stereocenters. The Bertz CT molecular complexity index is 732. The average Bonchev–Trinajstić information content (AvgIpc) is 2.63. The molecule has 0 bridgehead atoms. The van der Waals surface area contributed by atoms with Gasteiger partial charge in [-0.25, -0.2) is 18.4 Å². The van der Waals surface area contributed by atoms with Crippen molar-refractivity contribution in [2.24, 2.45) is 0 Å². The third-order valence-corrected chi connectivity index (χ3v) is 6.88. The van der Waals surface area contributed by atoms with E-state index in [2.05, 4.69) is 78.4 Å². The van der Waals surface area contributed by atoms with E-state index in [1.54, 1.807) is 0 Å². The van der Waals surface area contributed by atoms with Crippen molar-refractivity contribution in [2.75, 3.05) is 4.72 Å². The van der Waals surface area contributed by atoms with Gasteiger partial charge in [0.15, 0.2) is 10.4 Å². The number of sulfonamides is 1. The van der Waals surface area contributed by atoms with Gasteiger partial charge in [0.25, 0.3) is 10.0 Å². The maximum atomic E-state index is 12.2. The van der Waals surface area contributed by atoms with Crippen LogP contribution in [0.2, 0.25) is 0 Å². The highest BCUT2D eigenvalue weighted by atomic mass is 79.9. The molecular formula is C8H3Br4N3O2S2. The topological polar surface area (TPSA) is 72.0 Å². The Morgan fingerprint density at radius 3 is 2.42 bits per heavy atom. The molecule has 0 spiro atoms. The van der Waals surface area contributed by atoms with Crippen LogP contribution in [0.1, 0.15) is 0 Å². The van der Waals surface area contributed by atoms with E-state index in [4.69, 9.17) is 0 Å². The summed E-state index contributed by atoms with van der Waals surface area (Å²) >= 11 is 14.0. The first-order valence-electron chi connectivity index (χ1n) is 4.45. The Labute approximate surface area is 146 Å². The molecule has 0 radical (unpaired) electrons. The van der Waals surface area contributed by atoms with Gasteiger partial charge in [-0.3, -0.25) is 4.72 Å². The maximum absolute atomic E-state index is 12.2. The first-order valence-corrected chi connectivity index (χ1v) is 9.92. The Morgan fingerprint density at radius 1 is 1.21 bits per heavy atom. The number of hydrogen-bond donors (Lipinski definition) is 1. The van der Waals surface area contributed by atoms with Crippen molar-refractivity contribution >= 4 is 90.9 Å². The molecule has 0 aliphatic carbocycles. The summed E-state index contributed by atoms with van der Waals surface area (Å²) in [6.07, 6.45) is 1.40. The van der Waals surface area contributed by atoms with Gasteiger partial charge in [0.05, 0.1) is 13.8 Å². The van der Waals surface area contributed by atoms with Crippen molar-refractivity contribution in [1.82, 2.24) is 9.97 Å². The van der Waals surface area contributed by atoms with Gasteiger partial charge in [0.2, 0.25) is 0 Å². The van der Waals surface area contributed by atoms with Crippen LogP contribution in [0, 0.1) is 0 Å². The number of halogens is 4. The SMILES string of the molecule is O=S(=O)(Nc1ncc(Br)nc1Br)c1cc(Br)sc1Br. The summed E-state index contributed by atoms with van der Waals surface area (Å²) in [4.78, 5) is 8.10. The predicted molar refractivity (Wildman–Crippen MR) is 88.0 cm³/mol. The van der Waals surface area contributed by atoms with Gasteiger partial charge in [-0.05, 0) is 69.8 Å². The highest BCUT2D eigenvalue weighted by Crippen LogP contribution is 2.35. The summed E-state index contributed by atoms with van der Waals surface area (Å²) in [5.74, 6) is 0.123. The fourth-order valence-electron chi connectivity index (χ4n) is 1.11. The monoisotopic (exact) mass is 553 g/mol. The minimum atomic E-state index is -3.72. The van der Waals surface area contributed by atoms with Gasteiger partial charge < -0.3 is 0 Å². The molecule has 0 amide bonds. The van der Waals surface area contributed by atoms with E-state index in [9.17, 15) is 8.42 Å². The van der Waals surface area contributed by atoms with E-state index >= 15 is 0 Å². The average molecular weight is 557 g/mol. The van der Waals surface area contributed by atoms with E-state index in [1.807, 2.05) is 0 Å². The third kappa shape index (κ3) is 3.76. The Balaban J connectivity index is 2.39. The molecule has 0 fully saturated rings. The first kappa shape index (κ1) is 15.8. The Kier molecular flexibility index (Phi) is 5.05. The molecular weight excluding hydrogens is 554 g/mol. The third-order valence-electron chi connectivity index (χ3n) is 1.85. The van der Waals surface area contributed by atoms with Crippen LogP contribution < -0.4 is 4.72 Å². The Hall–Kier alpha value is 0.450. The van der Waals surface area contributed by atoms with Gasteiger partial charge in [-0.15, -0.1) is 11.3 Å². The molecule has 5 nitrogen and oxygen atoms in total. The lowest BCUT2D eigenvalue weighted by atomic mass is 10.7. The molecule has 0 atom stereocenters. The summed E-state index contributed by atoms with van der Waals surface area (Å²) in [6, 6.07) is 1.51. The number of aromatic nitrogens is 2. The zero-order valence-corrected chi connectivity index (χ0v) is 16.7. The Morgan fingerprint density at radius 2 is 1.89 bits per heavy atom. The second-order valence-electron chi connectivity index (χ2n) is 3.13. The molecule has 11 heteroatoms. The molecule has 2 aromatic rings. The van der Waals surface area contributed by atoms with Crippen LogP contribution in [-0.2, 0) is 10.0 Å². The lowest BCUT2D eigenvalue weighted by molar-refractivity contribution is 0.601. The fraction of sp³-hybridized carbons (Fsp3) is 0. The van der Waals surface area contributed by atoms with Crippen LogP contribution in [0.25, 0.3) is 0 Å². The van der Waals surface area contributed by atoms with Crippen molar-refractivity contribution in [3.8, 4) is 0 Å². The second kappa shape index (κ2) is 6.06. The zero-order chi connectivity index (χ0) is 14.2. The molecule has 0 aliphatic heterocycles. The summed E-state index contributed by atoms with van der Waals surface area (Å²) in [5.41, 5.74) is 0. The number of thiophene rings is 1. The van der Waals surface area contributed by atoms with E-state index in [0.29, 0.717) is 16.8 Å². The predicted octanol–water partition coefficient (Wildman–Crippen LogP) is 4.39. The van der Waals surface area contributed by atoms with Crippen molar-refractivity contribution in [2.45, 2.75) is 4.90 Å². The largest absolute Gasteiger partial charge is 0.265 e. The minimum Gasteiger partial charge on any atom is -0.261 e. The van der Waals surface area contributed by atoms with Gasteiger partial charge in [0.1, 0.15) is 9.50 Å². The van der Waals surface area contributed by atoms with Gasteiger partial charge in [-0.1, -0.05) is 0 Å². The molecule has 2 rings (SSSR count). The van der Waals surface area contributed by atoms with E-state index in [0.717, 1.165) is 0 Å². The van der Waals surface area contributed by atoms with Crippen LogP contribution in [0.15, 0.2) is 33.9 Å². The quantitative estimate of drug-likeness (QED) is 0.609. The first-order chi connectivity index (χ1) is 8.79. The van der Waals surface area contributed by atoms with Gasteiger partial charge in [-0.2, -0.15) is 0 Å². The van der Waals surface area contributed by atoms with Crippen LogP contribution in [0.4, 0.5) is 5.82 Å². The standard InChI is InChI=1S/C8H3Br4N3O2S2/c9-4-2-13-8(6(11)14-4)15-19(16,17)3-1-5(10)18-7(3)12/h1-2H,(H,13,15). The summed E-state index contributed by atoms with van der Waals surface area (Å²) in [7, 11) is -3.72. The van der Waals surface area contributed by atoms with Crippen LogP contribution in [-0.4, -0.2) is 18.4 Å². The molecule has 2 aromatic heterocycles. The van der Waals surface area contributed by atoms with E-state index in [-0.39, 0.29) is 10.7 Å². The molecule has 19 heavy (non-hydrogen) atoms. The minimum absolute atomic E-state index is 0.123. The van der Waals surface area contributed by atoms with E-state index in [1.165, 1.54) is 23.6 Å². The smallest absolute Gasteiger partial charge is 0.261 e. The van der Waals surface area contributed by atoms with Crippen molar-refractivity contribution in [3.05, 3.63) is 29.0 Å². The molecule has 2 heterocycles. The summed E-state index contributed by atoms with van der Waals surface area (Å²) in [5, 5.41) is 0. The van der Waals surface area contributed by atoms with Crippen molar-refractivity contribution in [1.29, 1.82) is 0 Å². The summed E-state index contributed by atoms with van der Waals surface area (Å²) < 4.78 is 28.8. The van der Waals surface area contributed by atoms with Crippen LogP contribution >= 0.6 is 75.1 Å². The molecule has 0 aromatic carbocycles. The zero-order valence-electron chi connectivity index (χ0n) is 8.69. The van der Waals surface area contributed by atoms with E-state index < -0.39 is 10.0 Å². The van der Waals surface area contributed by atoms with Crippen molar-refractivity contribution in [3.63, 3.8) is 0 Å². The molecule has 0 saturated carbocycles. The van der Waals surface area contributed by atoms with Crippen molar-refractivity contribution < 1.29 is 8.42 Å². The number of hydrogen-bond acceptors (Lipinski definition) is 5. The lowest BCUT2D eigenvalue weighted by Crippen LogP contribution is -2.14. The molecule has 1 N–H and O–H groups in total. The normalized spacial score (nSPS) is 11.6. The molecule has 0 aliphatic rings. The molecule has 0 saturated heterocycles. The highest BCUT2D eigenvalue weighted by Gasteiger charge is 2.22. The molecule has 102 valence electrons. The highest BCUT2D eigenvalue weighted by molar-refractivity contribution is 9.12. The fourth-order valence-corrected chi connectivity index (χ4v) is 6.98. The number of rotatable bonds is 3.